The molecule has 0 aliphatic rings. The van der Waals surface area contributed by atoms with E-state index >= 15 is 0 Å². The Labute approximate surface area is 183 Å². The van der Waals surface area contributed by atoms with Crippen LogP contribution in [0.15, 0.2) is 82.2 Å². The second kappa shape index (κ2) is 9.40. The van der Waals surface area contributed by atoms with E-state index in [1.54, 1.807) is 24.3 Å². The SMILES string of the molecule is CC(NC(=O)Cc1ccc(NS(=O)(=O)c2ccc(F)cc2)cc1)c1ccc(Br)cc1. The van der Waals surface area contributed by atoms with Crippen LogP contribution < -0.4 is 10.0 Å². The minimum absolute atomic E-state index is 0.0331. The van der Waals surface area contributed by atoms with E-state index in [1.165, 1.54) is 12.1 Å². The zero-order valence-corrected chi connectivity index (χ0v) is 18.5. The first-order valence-electron chi connectivity index (χ1n) is 9.15. The molecule has 0 bridgehead atoms. The Balaban J connectivity index is 1.59. The number of rotatable bonds is 7. The highest BCUT2D eigenvalue weighted by Gasteiger charge is 2.15. The zero-order valence-electron chi connectivity index (χ0n) is 16.1. The van der Waals surface area contributed by atoms with Crippen molar-refractivity contribution in [3.63, 3.8) is 0 Å². The van der Waals surface area contributed by atoms with Crippen molar-refractivity contribution in [3.8, 4) is 0 Å². The third kappa shape index (κ3) is 5.90. The third-order valence-corrected chi connectivity index (χ3v) is 6.37. The minimum atomic E-state index is -3.81. The van der Waals surface area contributed by atoms with Gasteiger partial charge in [-0.15, -0.1) is 0 Å². The quantitative estimate of drug-likeness (QED) is 0.498. The maximum absolute atomic E-state index is 13.0. The molecule has 0 heterocycles. The highest BCUT2D eigenvalue weighted by atomic mass is 79.9. The van der Waals surface area contributed by atoms with Crippen molar-refractivity contribution in [1.29, 1.82) is 0 Å². The summed E-state index contributed by atoms with van der Waals surface area (Å²) in [6.45, 7) is 1.91. The van der Waals surface area contributed by atoms with Gasteiger partial charge in [-0.25, -0.2) is 12.8 Å². The first-order valence-corrected chi connectivity index (χ1v) is 11.4. The summed E-state index contributed by atoms with van der Waals surface area (Å²) in [4.78, 5) is 12.3. The van der Waals surface area contributed by atoms with Crippen LogP contribution in [0.5, 0.6) is 0 Å². The number of hydrogen-bond acceptors (Lipinski definition) is 3. The predicted octanol–water partition coefficient (Wildman–Crippen LogP) is 4.81. The summed E-state index contributed by atoms with van der Waals surface area (Å²) < 4.78 is 41.1. The summed E-state index contributed by atoms with van der Waals surface area (Å²) in [6, 6.07) is 18.7. The van der Waals surface area contributed by atoms with E-state index in [0.717, 1.165) is 27.7 Å². The Morgan fingerprint density at radius 1 is 0.967 bits per heavy atom. The molecule has 5 nitrogen and oxygen atoms in total. The number of sulfonamides is 1. The molecule has 2 N–H and O–H groups in total. The second-order valence-corrected chi connectivity index (χ2v) is 9.37. The molecule has 1 unspecified atom stereocenters. The number of carbonyl (C=O) groups excluding carboxylic acids is 1. The summed E-state index contributed by atoms with van der Waals surface area (Å²) in [5, 5.41) is 2.95. The fourth-order valence-electron chi connectivity index (χ4n) is 2.83. The Morgan fingerprint density at radius 3 is 2.17 bits per heavy atom. The lowest BCUT2D eigenvalue weighted by Crippen LogP contribution is -2.28. The lowest BCUT2D eigenvalue weighted by atomic mass is 10.1. The van der Waals surface area contributed by atoms with Gasteiger partial charge in [0.1, 0.15) is 5.82 Å². The van der Waals surface area contributed by atoms with Crippen LogP contribution in [0.2, 0.25) is 0 Å². The minimum Gasteiger partial charge on any atom is -0.349 e. The molecule has 156 valence electrons. The van der Waals surface area contributed by atoms with Gasteiger partial charge in [-0.2, -0.15) is 0 Å². The van der Waals surface area contributed by atoms with Crippen LogP contribution >= 0.6 is 15.9 Å². The van der Waals surface area contributed by atoms with Gasteiger partial charge in [-0.3, -0.25) is 9.52 Å². The molecular formula is C22H20BrFN2O3S. The second-order valence-electron chi connectivity index (χ2n) is 6.77. The molecule has 1 amide bonds. The van der Waals surface area contributed by atoms with Crippen molar-refractivity contribution in [2.45, 2.75) is 24.3 Å². The molecule has 3 aromatic rings. The van der Waals surface area contributed by atoms with Crippen LogP contribution in [0.1, 0.15) is 24.1 Å². The number of nitrogens with one attached hydrogen (secondary N) is 2. The molecule has 1 atom stereocenters. The zero-order chi connectivity index (χ0) is 21.7. The standard InChI is InChI=1S/C22H20BrFN2O3S/c1-15(17-4-6-18(23)7-5-17)25-22(27)14-16-2-10-20(11-3-16)26-30(28,29)21-12-8-19(24)9-13-21/h2-13,15,26H,14H2,1H3,(H,25,27). The summed E-state index contributed by atoms with van der Waals surface area (Å²) in [5.41, 5.74) is 2.10. The van der Waals surface area contributed by atoms with E-state index in [0.29, 0.717) is 5.69 Å². The molecule has 0 aliphatic carbocycles. The van der Waals surface area contributed by atoms with Crippen LogP contribution in [-0.4, -0.2) is 14.3 Å². The van der Waals surface area contributed by atoms with Gasteiger partial charge in [0, 0.05) is 10.2 Å². The summed E-state index contributed by atoms with van der Waals surface area (Å²) >= 11 is 3.38. The summed E-state index contributed by atoms with van der Waals surface area (Å²) in [5.74, 6) is -0.643. The van der Waals surface area contributed by atoms with Gasteiger partial charge >= 0.3 is 0 Å². The molecule has 8 heteroatoms. The highest BCUT2D eigenvalue weighted by molar-refractivity contribution is 9.10. The monoisotopic (exact) mass is 490 g/mol. The number of hydrogen-bond donors (Lipinski definition) is 2. The van der Waals surface area contributed by atoms with Gasteiger partial charge in [0.25, 0.3) is 10.0 Å². The number of anilines is 1. The van der Waals surface area contributed by atoms with Gasteiger partial charge in [0.05, 0.1) is 17.4 Å². The van der Waals surface area contributed by atoms with E-state index in [4.69, 9.17) is 0 Å². The third-order valence-electron chi connectivity index (χ3n) is 4.44. The van der Waals surface area contributed by atoms with Crippen LogP contribution in [0.3, 0.4) is 0 Å². The molecule has 0 aliphatic heterocycles. The topological polar surface area (TPSA) is 75.3 Å². The maximum Gasteiger partial charge on any atom is 0.261 e. The van der Waals surface area contributed by atoms with E-state index in [1.807, 2.05) is 31.2 Å². The summed E-state index contributed by atoms with van der Waals surface area (Å²) in [7, 11) is -3.81. The van der Waals surface area contributed by atoms with Gasteiger partial charge in [-0.1, -0.05) is 40.2 Å². The average Bonchev–Trinajstić information content (AvgIpc) is 2.70. The summed E-state index contributed by atoms with van der Waals surface area (Å²) in [6.07, 6.45) is 0.172. The molecule has 0 aromatic heterocycles. The molecular weight excluding hydrogens is 471 g/mol. The number of benzene rings is 3. The van der Waals surface area contributed by atoms with E-state index < -0.39 is 15.8 Å². The van der Waals surface area contributed by atoms with Gasteiger partial charge in [0.2, 0.25) is 5.91 Å². The largest absolute Gasteiger partial charge is 0.349 e. The van der Waals surface area contributed by atoms with E-state index in [9.17, 15) is 17.6 Å². The lowest BCUT2D eigenvalue weighted by molar-refractivity contribution is -0.121. The van der Waals surface area contributed by atoms with Crippen molar-refractivity contribution in [2.24, 2.45) is 0 Å². The van der Waals surface area contributed by atoms with Crippen molar-refractivity contribution in [3.05, 3.63) is 94.2 Å². The molecule has 3 aromatic carbocycles. The van der Waals surface area contributed by atoms with Crippen molar-refractivity contribution >= 4 is 37.5 Å². The molecule has 0 fully saturated rings. The normalized spacial score (nSPS) is 12.2. The van der Waals surface area contributed by atoms with Crippen LogP contribution in [-0.2, 0) is 21.2 Å². The average molecular weight is 491 g/mol. The van der Waals surface area contributed by atoms with Gasteiger partial charge < -0.3 is 5.32 Å². The van der Waals surface area contributed by atoms with E-state index in [2.05, 4.69) is 26.0 Å². The molecule has 3 rings (SSSR count). The fraction of sp³-hybridized carbons (Fsp3) is 0.136. The molecule has 0 saturated heterocycles. The fourth-order valence-corrected chi connectivity index (χ4v) is 4.15. The molecule has 0 saturated carbocycles. The van der Waals surface area contributed by atoms with Crippen molar-refractivity contribution < 1.29 is 17.6 Å². The van der Waals surface area contributed by atoms with Crippen molar-refractivity contribution in [2.75, 3.05) is 4.72 Å². The van der Waals surface area contributed by atoms with Gasteiger partial charge in [0.15, 0.2) is 0 Å². The Bertz CT molecular complexity index is 1120. The molecule has 0 spiro atoms. The number of amides is 1. The maximum atomic E-state index is 13.0. The van der Waals surface area contributed by atoms with Crippen LogP contribution in [0, 0.1) is 5.82 Å². The van der Waals surface area contributed by atoms with Gasteiger partial charge in [-0.05, 0) is 66.6 Å². The Morgan fingerprint density at radius 2 is 1.57 bits per heavy atom. The lowest BCUT2D eigenvalue weighted by Gasteiger charge is -2.15. The first-order chi connectivity index (χ1) is 14.2. The van der Waals surface area contributed by atoms with Crippen molar-refractivity contribution in [1.82, 2.24) is 5.32 Å². The van der Waals surface area contributed by atoms with Crippen LogP contribution in [0.25, 0.3) is 0 Å². The predicted molar refractivity (Wildman–Crippen MR) is 118 cm³/mol. The smallest absolute Gasteiger partial charge is 0.261 e. The number of halogens is 2. The Kier molecular flexibility index (Phi) is 6.89. The first kappa shape index (κ1) is 22.0. The van der Waals surface area contributed by atoms with E-state index in [-0.39, 0.29) is 23.3 Å². The van der Waals surface area contributed by atoms with Crippen LogP contribution in [0.4, 0.5) is 10.1 Å². The number of carbonyl (C=O) groups is 1. The molecule has 30 heavy (non-hydrogen) atoms. The Hall–Kier alpha value is -2.71. The molecule has 0 radical (unpaired) electrons. The highest BCUT2D eigenvalue weighted by Crippen LogP contribution is 2.19.